The van der Waals surface area contributed by atoms with E-state index < -0.39 is 0 Å². The molecule has 2 N–H and O–H groups in total. The van der Waals surface area contributed by atoms with Crippen LogP contribution >= 0.6 is 0 Å². The lowest BCUT2D eigenvalue weighted by molar-refractivity contribution is 0.720. The van der Waals surface area contributed by atoms with Crippen molar-refractivity contribution in [3.8, 4) is 0 Å². The topological polar surface area (TPSA) is 38.9 Å². The van der Waals surface area contributed by atoms with Crippen LogP contribution < -0.4 is 5.73 Å². The Labute approximate surface area is 119 Å². The SMILES string of the molecule is Cc1ccc(C(N)Cc2cccc3ccccc23)cn1. The average Bonchev–Trinajstić information content (AvgIpc) is 2.48. The molecule has 0 aliphatic rings. The molecule has 1 atom stereocenters. The fourth-order valence-electron chi connectivity index (χ4n) is 2.52. The van der Waals surface area contributed by atoms with Gasteiger partial charge in [0.1, 0.15) is 0 Å². The standard InChI is InChI=1S/C18H18N2/c1-13-9-10-16(12-20-13)18(19)11-15-7-4-6-14-5-2-3-8-17(14)15/h2-10,12,18H,11,19H2,1H3. The molecule has 0 fully saturated rings. The first-order chi connectivity index (χ1) is 9.74. The van der Waals surface area contributed by atoms with Crippen molar-refractivity contribution >= 4 is 10.8 Å². The van der Waals surface area contributed by atoms with Crippen molar-refractivity contribution in [1.82, 2.24) is 4.98 Å². The molecule has 1 aromatic heterocycles. The van der Waals surface area contributed by atoms with Gasteiger partial charge in [0.05, 0.1) is 0 Å². The minimum Gasteiger partial charge on any atom is -0.324 e. The number of nitrogens with two attached hydrogens (primary N) is 1. The molecule has 1 heterocycles. The molecule has 100 valence electrons. The molecule has 0 aliphatic heterocycles. The van der Waals surface area contributed by atoms with Crippen molar-refractivity contribution in [2.24, 2.45) is 5.73 Å². The minimum absolute atomic E-state index is 0.0195. The molecular weight excluding hydrogens is 244 g/mol. The number of hydrogen-bond acceptors (Lipinski definition) is 2. The van der Waals surface area contributed by atoms with Gasteiger partial charge in [-0.25, -0.2) is 0 Å². The summed E-state index contributed by atoms with van der Waals surface area (Å²) in [6.45, 7) is 1.99. The van der Waals surface area contributed by atoms with Crippen molar-refractivity contribution in [2.45, 2.75) is 19.4 Å². The van der Waals surface area contributed by atoms with Gasteiger partial charge in [0, 0.05) is 17.9 Å². The molecular formula is C18H18N2. The van der Waals surface area contributed by atoms with E-state index in [1.807, 2.05) is 19.2 Å². The van der Waals surface area contributed by atoms with Crippen LogP contribution in [-0.2, 0) is 6.42 Å². The summed E-state index contributed by atoms with van der Waals surface area (Å²) in [5.74, 6) is 0. The van der Waals surface area contributed by atoms with Crippen LogP contribution in [-0.4, -0.2) is 4.98 Å². The summed E-state index contributed by atoms with van der Waals surface area (Å²) in [4.78, 5) is 4.32. The number of hydrogen-bond donors (Lipinski definition) is 1. The Morgan fingerprint density at radius 1 is 1.00 bits per heavy atom. The van der Waals surface area contributed by atoms with Crippen LogP contribution in [0.25, 0.3) is 10.8 Å². The monoisotopic (exact) mass is 262 g/mol. The lowest BCUT2D eigenvalue weighted by Gasteiger charge is -2.14. The third kappa shape index (κ3) is 2.56. The highest BCUT2D eigenvalue weighted by Crippen LogP contribution is 2.23. The third-order valence-electron chi connectivity index (χ3n) is 3.68. The van der Waals surface area contributed by atoms with E-state index in [1.165, 1.54) is 16.3 Å². The van der Waals surface area contributed by atoms with Gasteiger partial charge in [-0.2, -0.15) is 0 Å². The van der Waals surface area contributed by atoms with E-state index in [0.29, 0.717) is 0 Å². The van der Waals surface area contributed by atoms with E-state index in [-0.39, 0.29) is 6.04 Å². The maximum absolute atomic E-state index is 6.33. The van der Waals surface area contributed by atoms with Gasteiger partial charge in [0.15, 0.2) is 0 Å². The molecule has 2 heteroatoms. The van der Waals surface area contributed by atoms with E-state index >= 15 is 0 Å². The number of aryl methyl sites for hydroxylation is 1. The number of fused-ring (bicyclic) bond motifs is 1. The van der Waals surface area contributed by atoms with E-state index in [1.54, 1.807) is 0 Å². The first-order valence-corrected chi connectivity index (χ1v) is 6.89. The van der Waals surface area contributed by atoms with Crippen molar-refractivity contribution in [3.05, 3.63) is 77.6 Å². The van der Waals surface area contributed by atoms with E-state index in [0.717, 1.165) is 17.7 Å². The maximum atomic E-state index is 6.33. The van der Waals surface area contributed by atoms with Crippen LogP contribution in [0.3, 0.4) is 0 Å². The fourth-order valence-corrected chi connectivity index (χ4v) is 2.52. The summed E-state index contributed by atoms with van der Waals surface area (Å²) in [7, 11) is 0. The summed E-state index contributed by atoms with van der Waals surface area (Å²) in [6.07, 6.45) is 2.71. The van der Waals surface area contributed by atoms with Crippen LogP contribution in [0.2, 0.25) is 0 Å². The Morgan fingerprint density at radius 2 is 1.80 bits per heavy atom. The molecule has 0 saturated heterocycles. The third-order valence-corrected chi connectivity index (χ3v) is 3.68. The summed E-state index contributed by atoms with van der Waals surface area (Å²) in [6, 6.07) is 18.9. The number of pyridine rings is 1. The first kappa shape index (κ1) is 12.8. The van der Waals surface area contributed by atoms with Crippen LogP contribution in [0.15, 0.2) is 60.8 Å². The molecule has 0 saturated carbocycles. The molecule has 0 radical (unpaired) electrons. The largest absolute Gasteiger partial charge is 0.324 e. The smallest absolute Gasteiger partial charge is 0.0372 e. The molecule has 2 aromatic carbocycles. The Morgan fingerprint density at radius 3 is 2.60 bits per heavy atom. The Balaban J connectivity index is 1.91. The summed E-state index contributed by atoms with van der Waals surface area (Å²) in [5.41, 5.74) is 9.72. The number of benzene rings is 2. The zero-order valence-electron chi connectivity index (χ0n) is 11.6. The zero-order valence-corrected chi connectivity index (χ0v) is 11.6. The molecule has 0 amide bonds. The van der Waals surface area contributed by atoms with Gasteiger partial charge in [0.25, 0.3) is 0 Å². The number of rotatable bonds is 3. The second-order valence-electron chi connectivity index (χ2n) is 5.18. The Bertz CT molecular complexity index is 712. The molecule has 1 unspecified atom stereocenters. The minimum atomic E-state index is -0.0195. The van der Waals surface area contributed by atoms with Crippen LogP contribution in [0.5, 0.6) is 0 Å². The first-order valence-electron chi connectivity index (χ1n) is 6.89. The van der Waals surface area contributed by atoms with Crippen LogP contribution in [0.4, 0.5) is 0 Å². The molecule has 0 spiro atoms. The van der Waals surface area contributed by atoms with Crippen molar-refractivity contribution in [3.63, 3.8) is 0 Å². The van der Waals surface area contributed by atoms with Gasteiger partial charge in [-0.05, 0) is 41.3 Å². The predicted octanol–water partition coefficient (Wildman–Crippen LogP) is 3.79. The Hall–Kier alpha value is -2.19. The number of aromatic nitrogens is 1. The van der Waals surface area contributed by atoms with E-state index in [2.05, 4.69) is 53.5 Å². The fraction of sp³-hybridized carbons (Fsp3) is 0.167. The highest BCUT2D eigenvalue weighted by molar-refractivity contribution is 5.85. The van der Waals surface area contributed by atoms with Gasteiger partial charge >= 0.3 is 0 Å². The summed E-state index contributed by atoms with van der Waals surface area (Å²) < 4.78 is 0. The van der Waals surface area contributed by atoms with Crippen LogP contribution in [0.1, 0.15) is 22.9 Å². The van der Waals surface area contributed by atoms with Gasteiger partial charge < -0.3 is 5.73 Å². The number of nitrogens with zero attached hydrogens (tertiary/aromatic N) is 1. The van der Waals surface area contributed by atoms with Crippen molar-refractivity contribution in [1.29, 1.82) is 0 Å². The maximum Gasteiger partial charge on any atom is 0.0372 e. The van der Waals surface area contributed by atoms with Crippen molar-refractivity contribution < 1.29 is 0 Å². The van der Waals surface area contributed by atoms with Gasteiger partial charge in [-0.1, -0.05) is 48.5 Å². The predicted molar refractivity (Wildman–Crippen MR) is 83.6 cm³/mol. The molecule has 2 nitrogen and oxygen atoms in total. The quantitative estimate of drug-likeness (QED) is 0.780. The summed E-state index contributed by atoms with van der Waals surface area (Å²) >= 11 is 0. The normalized spacial score (nSPS) is 12.5. The van der Waals surface area contributed by atoms with E-state index in [9.17, 15) is 0 Å². The lowest BCUT2D eigenvalue weighted by Crippen LogP contribution is -2.13. The molecule has 0 bridgehead atoms. The highest BCUT2D eigenvalue weighted by atomic mass is 14.7. The second kappa shape index (κ2) is 5.43. The van der Waals surface area contributed by atoms with Gasteiger partial charge in [0.2, 0.25) is 0 Å². The van der Waals surface area contributed by atoms with Crippen molar-refractivity contribution in [2.75, 3.05) is 0 Å². The molecule has 0 aliphatic carbocycles. The average molecular weight is 262 g/mol. The summed E-state index contributed by atoms with van der Waals surface area (Å²) in [5, 5.41) is 2.55. The molecule has 20 heavy (non-hydrogen) atoms. The van der Waals surface area contributed by atoms with E-state index in [4.69, 9.17) is 5.73 Å². The molecule has 3 aromatic rings. The van der Waals surface area contributed by atoms with Gasteiger partial charge in [-0.3, -0.25) is 4.98 Å². The van der Waals surface area contributed by atoms with Crippen LogP contribution in [0, 0.1) is 6.92 Å². The highest BCUT2D eigenvalue weighted by Gasteiger charge is 2.09. The molecule has 3 rings (SSSR count). The lowest BCUT2D eigenvalue weighted by atomic mass is 9.96. The zero-order chi connectivity index (χ0) is 13.9. The Kier molecular flexibility index (Phi) is 3.48. The van der Waals surface area contributed by atoms with Gasteiger partial charge in [-0.15, -0.1) is 0 Å². The second-order valence-corrected chi connectivity index (χ2v) is 5.18.